The van der Waals surface area contributed by atoms with Gasteiger partial charge in [0, 0.05) is 6.54 Å². The molecule has 3 N–H and O–H groups in total. The molecule has 19 heavy (non-hydrogen) atoms. The molecule has 0 aliphatic rings. The number of nitrogens with one attached hydrogen (secondary N) is 1. The Balaban J connectivity index is 1.84. The molecule has 7 nitrogen and oxygen atoms in total. The van der Waals surface area contributed by atoms with Crippen molar-refractivity contribution >= 4 is 11.9 Å². The number of carbonyl (C=O) groups is 1. The van der Waals surface area contributed by atoms with Gasteiger partial charge in [-0.25, -0.2) is 9.67 Å². The maximum atomic E-state index is 11.6. The van der Waals surface area contributed by atoms with Gasteiger partial charge in [0.2, 0.25) is 11.9 Å². The maximum Gasteiger partial charge on any atom is 0.242 e. The largest absolute Gasteiger partial charge is 0.367 e. The van der Waals surface area contributed by atoms with E-state index in [1.54, 1.807) is 24.3 Å². The zero-order valence-corrected chi connectivity index (χ0v) is 10.1. The smallest absolute Gasteiger partial charge is 0.242 e. The lowest BCUT2D eigenvalue weighted by atomic mass is 10.1. The molecule has 96 valence electrons. The van der Waals surface area contributed by atoms with E-state index >= 15 is 0 Å². The number of rotatable bonds is 4. The molecule has 0 radical (unpaired) electrons. The molecule has 0 saturated carbocycles. The van der Waals surface area contributed by atoms with E-state index in [0.29, 0.717) is 12.1 Å². The zero-order valence-electron chi connectivity index (χ0n) is 10.1. The Kier molecular flexibility index (Phi) is 3.73. The molecule has 0 aliphatic heterocycles. The molecule has 2 rings (SSSR count). The van der Waals surface area contributed by atoms with Crippen LogP contribution in [-0.2, 0) is 17.9 Å². The first-order valence-corrected chi connectivity index (χ1v) is 5.58. The number of nitrogens with two attached hydrogens (primary N) is 1. The molecule has 1 aromatic heterocycles. The van der Waals surface area contributed by atoms with Crippen LogP contribution >= 0.6 is 0 Å². The lowest BCUT2D eigenvalue weighted by molar-refractivity contribution is -0.122. The van der Waals surface area contributed by atoms with Gasteiger partial charge in [0.05, 0.1) is 11.6 Å². The van der Waals surface area contributed by atoms with Gasteiger partial charge < -0.3 is 11.1 Å². The molecule has 1 amide bonds. The Morgan fingerprint density at radius 3 is 2.74 bits per heavy atom. The molecule has 0 fully saturated rings. The molecule has 0 bridgehead atoms. The lowest BCUT2D eigenvalue weighted by Crippen LogP contribution is -2.27. The van der Waals surface area contributed by atoms with Gasteiger partial charge in [-0.05, 0) is 17.7 Å². The minimum atomic E-state index is -0.186. The summed E-state index contributed by atoms with van der Waals surface area (Å²) >= 11 is 0. The Morgan fingerprint density at radius 2 is 2.16 bits per heavy atom. The molecular formula is C12H12N6O. The van der Waals surface area contributed by atoms with Gasteiger partial charge in [-0.1, -0.05) is 12.1 Å². The number of hydrogen-bond acceptors (Lipinski definition) is 5. The van der Waals surface area contributed by atoms with Crippen LogP contribution in [-0.4, -0.2) is 20.7 Å². The van der Waals surface area contributed by atoms with Crippen LogP contribution in [0.1, 0.15) is 11.1 Å². The number of amides is 1. The fourth-order valence-corrected chi connectivity index (χ4v) is 1.49. The molecule has 1 heterocycles. The van der Waals surface area contributed by atoms with E-state index in [9.17, 15) is 4.79 Å². The van der Waals surface area contributed by atoms with E-state index in [2.05, 4.69) is 15.4 Å². The van der Waals surface area contributed by atoms with Crippen molar-refractivity contribution in [1.82, 2.24) is 20.1 Å². The summed E-state index contributed by atoms with van der Waals surface area (Å²) in [6.45, 7) is 0.467. The highest BCUT2D eigenvalue weighted by molar-refractivity contribution is 5.75. The summed E-state index contributed by atoms with van der Waals surface area (Å²) in [5.74, 6) is -0.0471. The Morgan fingerprint density at radius 1 is 1.42 bits per heavy atom. The monoisotopic (exact) mass is 256 g/mol. The summed E-state index contributed by atoms with van der Waals surface area (Å²) in [6, 6.07) is 9.05. The van der Waals surface area contributed by atoms with Crippen molar-refractivity contribution in [3.8, 4) is 6.07 Å². The standard InChI is InChI=1S/C12H12N6O/c13-5-9-1-3-10(4-2-9)6-15-11(19)7-18-8-16-12(14)17-18/h1-4,8H,6-7H2,(H2,14,17)(H,15,19). The number of anilines is 1. The topological polar surface area (TPSA) is 110 Å². The summed E-state index contributed by atoms with van der Waals surface area (Å²) in [6.07, 6.45) is 1.40. The van der Waals surface area contributed by atoms with Crippen molar-refractivity contribution in [2.45, 2.75) is 13.1 Å². The van der Waals surface area contributed by atoms with Crippen LogP contribution < -0.4 is 11.1 Å². The average Bonchev–Trinajstić information content (AvgIpc) is 2.82. The average molecular weight is 256 g/mol. The number of nitriles is 1. The lowest BCUT2D eigenvalue weighted by Gasteiger charge is -2.05. The van der Waals surface area contributed by atoms with Crippen molar-refractivity contribution < 1.29 is 4.79 Å². The van der Waals surface area contributed by atoms with Crippen molar-refractivity contribution in [2.24, 2.45) is 0 Å². The number of hydrogen-bond donors (Lipinski definition) is 2. The van der Waals surface area contributed by atoms with E-state index < -0.39 is 0 Å². The normalized spacial score (nSPS) is 9.84. The molecule has 1 aromatic carbocycles. The summed E-state index contributed by atoms with van der Waals surface area (Å²) in [4.78, 5) is 15.4. The van der Waals surface area contributed by atoms with Gasteiger partial charge in [-0.2, -0.15) is 5.26 Å². The van der Waals surface area contributed by atoms with Crippen LogP contribution in [0.2, 0.25) is 0 Å². The van der Waals surface area contributed by atoms with E-state index in [0.717, 1.165) is 5.56 Å². The molecule has 0 unspecified atom stereocenters. The number of aromatic nitrogens is 3. The predicted octanol–water partition coefficient (Wildman–Crippen LogP) is 0.0484. The highest BCUT2D eigenvalue weighted by Gasteiger charge is 2.04. The van der Waals surface area contributed by atoms with Crippen molar-refractivity contribution in [2.75, 3.05) is 5.73 Å². The second-order valence-corrected chi connectivity index (χ2v) is 3.89. The molecule has 0 atom stereocenters. The molecule has 0 spiro atoms. The molecule has 0 aliphatic carbocycles. The van der Waals surface area contributed by atoms with Crippen LogP contribution in [0.4, 0.5) is 5.95 Å². The van der Waals surface area contributed by atoms with Gasteiger partial charge in [0.15, 0.2) is 0 Å². The minimum Gasteiger partial charge on any atom is -0.367 e. The van der Waals surface area contributed by atoms with Crippen molar-refractivity contribution in [3.63, 3.8) is 0 Å². The van der Waals surface area contributed by atoms with Crippen LogP contribution in [0, 0.1) is 11.3 Å². The Hall–Kier alpha value is -2.88. The van der Waals surface area contributed by atoms with Crippen LogP contribution in [0.25, 0.3) is 0 Å². The number of benzene rings is 1. The summed E-state index contributed by atoms with van der Waals surface area (Å²) in [7, 11) is 0. The highest BCUT2D eigenvalue weighted by atomic mass is 16.2. The number of nitrogen functional groups attached to an aromatic ring is 1. The number of nitrogens with zero attached hydrogens (tertiary/aromatic N) is 4. The van der Waals surface area contributed by atoms with Crippen LogP contribution in [0.15, 0.2) is 30.6 Å². The number of carbonyl (C=O) groups excluding carboxylic acids is 1. The minimum absolute atomic E-state index is 0.0699. The highest BCUT2D eigenvalue weighted by Crippen LogP contribution is 2.02. The quantitative estimate of drug-likeness (QED) is 0.803. The van der Waals surface area contributed by atoms with Gasteiger partial charge in [-0.15, -0.1) is 5.10 Å². The third kappa shape index (κ3) is 3.54. The third-order valence-electron chi connectivity index (χ3n) is 2.43. The second kappa shape index (κ2) is 5.64. The predicted molar refractivity (Wildman–Crippen MR) is 67.4 cm³/mol. The summed E-state index contributed by atoms with van der Waals surface area (Å²) < 4.78 is 1.36. The summed E-state index contributed by atoms with van der Waals surface area (Å²) in [5, 5.41) is 15.2. The zero-order chi connectivity index (χ0) is 13.7. The van der Waals surface area contributed by atoms with Gasteiger partial charge in [-0.3, -0.25) is 4.79 Å². The third-order valence-corrected chi connectivity index (χ3v) is 2.43. The van der Waals surface area contributed by atoms with Crippen LogP contribution in [0.5, 0.6) is 0 Å². The van der Waals surface area contributed by atoms with Crippen LogP contribution in [0.3, 0.4) is 0 Å². The Labute approximate surface area is 109 Å². The summed E-state index contributed by atoms with van der Waals surface area (Å²) in [5.41, 5.74) is 6.86. The Bertz CT molecular complexity index is 610. The fraction of sp³-hybridized carbons (Fsp3) is 0.167. The SMILES string of the molecule is N#Cc1ccc(CNC(=O)Cn2cnc(N)n2)cc1. The van der Waals surface area contributed by atoms with Gasteiger partial charge >= 0.3 is 0 Å². The van der Waals surface area contributed by atoms with E-state index in [1.807, 2.05) is 6.07 Å². The fourth-order valence-electron chi connectivity index (χ4n) is 1.49. The molecule has 0 saturated heterocycles. The van der Waals surface area contributed by atoms with E-state index in [4.69, 9.17) is 11.0 Å². The first kappa shape index (κ1) is 12.6. The molecule has 7 heteroatoms. The van der Waals surface area contributed by atoms with Gasteiger partial charge in [0.25, 0.3) is 0 Å². The van der Waals surface area contributed by atoms with Crippen molar-refractivity contribution in [1.29, 1.82) is 5.26 Å². The first-order chi connectivity index (χ1) is 9.17. The van der Waals surface area contributed by atoms with Gasteiger partial charge in [0.1, 0.15) is 12.9 Å². The molecular weight excluding hydrogens is 244 g/mol. The second-order valence-electron chi connectivity index (χ2n) is 3.89. The van der Waals surface area contributed by atoms with E-state index in [-0.39, 0.29) is 18.4 Å². The first-order valence-electron chi connectivity index (χ1n) is 5.58. The maximum absolute atomic E-state index is 11.6. The molecule has 2 aromatic rings. The van der Waals surface area contributed by atoms with E-state index in [1.165, 1.54) is 11.0 Å². The van der Waals surface area contributed by atoms with Crippen molar-refractivity contribution in [3.05, 3.63) is 41.7 Å².